The Bertz CT molecular complexity index is 1460. The molecule has 3 atom stereocenters. The molecule has 0 aliphatic carbocycles. The van der Waals surface area contributed by atoms with Gasteiger partial charge in [-0.2, -0.15) is 0 Å². The highest BCUT2D eigenvalue weighted by atomic mass is 31.2. The van der Waals surface area contributed by atoms with Crippen LogP contribution in [0.5, 0.6) is 0 Å². The summed E-state index contributed by atoms with van der Waals surface area (Å²) in [6.07, 6.45) is 32.9. The van der Waals surface area contributed by atoms with Crippen molar-refractivity contribution in [2.45, 2.75) is 175 Å². The number of rotatable bonds is 37. The van der Waals surface area contributed by atoms with E-state index in [0.29, 0.717) is 36.7 Å². The van der Waals surface area contributed by atoms with Gasteiger partial charge in [0.15, 0.2) is 6.10 Å². The van der Waals surface area contributed by atoms with E-state index in [1.54, 1.807) is 6.08 Å². The molecular formula is C48H82NO10P. The molecule has 0 aliphatic heterocycles. The van der Waals surface area contributed by atoms with Gasteiger partial charge in [0, 0.05) is 25.7 Å². The SMILES string of the molecule is CCCCC/C=C\C=C/[C@@H](O)C/C=C\C/C=C/CCCC(=O)OC[C@H](COP(=O)([O-])OCC[N+](C)(C)C)OC(=O)CCCCCCCCc1oc(CCCCC)c(C)c1C. The molecule has 60 heavy (non-hydrogen) atoms. The van der Waals surface area contributed by atoms with Crippen molar-refractivity contribution < 1.29 is 51.6 Å². The molecule has 0 spiro atoms. The van der Waals surface area contributed by atoms with E-state index in [9.17, 15) is 24.2 Å². The molecule has 0 aliphatic rings. The first-order chi connectivity index (χ1) is 28.7. The minimum absolute atomic E-state index is 0.0608. The third-order valence-corrected chi connectivity index (χ3v) is 11.1. The van der Waals surface area contributed by atoms with Gasteiger partial charge in [-0.1, -0.05) is 114 Å². The zero-order valence-corrected chi connectivity index (χ0v) is 39.4. The first-order valence-corrected chi connectivity index (χ1v) is 24.3. The Kier molecular flexibility index (Phi) is 31.1. The molecule has 0 saturated heterocycles. The molecular weight excluding hydrogens is 781 g/mol. The third-order valence-electron chi connectivity index (χ3n) is 10.1. The van der Waals surface area contributed by atoms with Crippen LogP contribution in [0.2, 0.25) is 0 Å². The van der Waals surface area contributed by atoms with Crippen LogP contribution in [0.3, 0.4) is 0 Å². The van der Waals surface area contributed by atoms with E-state index in [1.165, 1.54) is 43.2 Å². The maximum absolute atomic E-state index is 12.8. The molecule has 0 saturated carbocycles. The maximum atomic E-state index is 12.8. The number of phosphoric acid groups is 1. The fourth-order valence-electron chi connectivity index (χ4n) is 6.20. The smallest absolute Gasteiger partial charge is 0.306 e. The summed E-state index contributed by atoms with van der Waals surface area (Å²) >= 11 is 0. The second-order valence-corrected chi connectivity index (χ2v) is 18.3. The van der Waals surface area contributed by atoms with Crippen molar-refractivity contribution in [1.29, 1.82) is 0 Å². The van der Waals surface area contributed by atoms with E-state index in [2.05, 4.69) is 33.8 Å². The molecule has 1 heterocycles. The summed E-state index contributed by atoms with van der Waals surface area (Å²) in [5, 5.41) is 10.1. The zero-order valence-electron chi connectivity index (χ0n) is 38.5. The number of likely N-dealkylation sites (N-methyl/N-ethyl adjacent to an activating group) is 1. The summed E-state index contributed by atoms with van der Waals surface area (Å²) in [4.78, 5) is 37.7. The lowest BCUT2D eigenvalue weighted by molar-refractivity contribution is -0.870. The van der Waals surface area contributed by atoms with Gasteiger partial charge in [0.25, 0.3) is 7.82 Å². The number of carbonyl (C=O) groups excluding carboxylic acids is 2. The van der Waals surface area contributed by atoms with E-state index in [4.69, 9.17) is 22.9 Å². The number of unbranched alkanes of at least 4 members (excludes halogenated alkanes) is 11. The van der Waals surface area contributed by atoms with Crippen LogP contribution in [0.25, 0.3) is 0 Å². The number of phosphoric ester groups is 1. The summed E-state index contributed by atoms with van der Waals surface area (Å²) < 4.78 is 40.1. The van der Waals surface area contributed by atoms with Gasteiger partial charge < -0.3 is 37.4 Å². The summed E-state index contributed by atoms with van der Waals surface area (Å²) in [6.45, 7) is 8.26. The Morgan fingerprint density at radius 3 is 2.02 bits per heavy atom. The largest absolute Gasteiger partial charge is 0.756 e. The number of quaternary nitrogens is 1. The first kappa shape index (κ1) is 55.2. The van der Waals surface area contributed by atoms with E-state index in [-0.39, 0.29) is 26.1 Å². The maximum Gasteiger partial charge on any atom is 0.306 e. The average Bonchev–Trinajstić information content (AvgIpc) is 3.46. The van der Waals surface area contributed by atoms with Crippen LogP contribution in [0.4, 0.5) is 0 Å². The van der Waals surface area contributed by atoms with E-state index in [0.717, 1.165) is 75.7 Å². The fraction of sp³-hybridized carbons (Fsp3) is 0.708. The Balaban J connectivity index is 2.45. The van der Waals surface area contributed by atoms with Crippen molar-refractivity contribution in [3.05, 3.63) is 71.3 Å². The van der Waals surface area contributed by atoms with Crippen LogP contribution in [-0.2, 0) is 45.5 Å². The minimum Gasteiger partial charge on any atom is -0.756 e. The van der Waals surface area contributed by atoms with Crippen molar-refractivity contribution in [3.63, 3.8) is 0 Å². The van der Waals surface area contributed by atoms with Crippen LogP contribution < -0.4 is 4.89 Å². The molecule has 1 rings (SSSR count). The molecule has 1 aromatic rings. The first-order valence-electron chi connectivity index (χ1n) is 22.8. The third kappa shape index (κ3) is 30.3. The highest BCUT2D eigenvalue weighted by Gasteiger charge is 2.22. The quantitative estimate of drug-likeness (QED) is 0.0171. The average molecular weight is 864 g/mol. The van der Waals surface area contributed by atoms with Gasteiger partial charge in [0.1, 0.15) is 31.3 Å². The van der Waals surface area contributed by atoms with Gasteiger partial charge in [-0.25, -0.2) is 0 Å². The molecule has 1 N–H and O–H groups in total. The Morgan fingerprint density at radius 1 is 0.733 bits per heavy atom. The van der Waals surface area contributed by atoms with Crippen LogP contribution in [-0.4, -0.2) is 81.2 Å². The predicted molar refractivity (Wildman–Crippen MR) is 240 cm³/mol. The summed E-state index contributed by atoms with van der Waals surface area (Å²) in [6, 6.07) is 0. The summed E-state index contributed by atoms with van der Waals surface area (Å²) in [5.41, 5.74) is 2.58. The Hall–Kier alpha value is -2.79. The summed E-state index contributed by atoms with van der Waals surface area (Å²) in [5.74, 6) is 1.27. The number of aryl methyl sites for hydroxylation is 2. The predicted octanol–water partition coefficient (Wildman–Crippen LogP) is 10.7. The molecule has 0 radical (unpaired) electrons. The van der Waals surface area contributed by atoms with Gasteiger partial charge in [0.05, 0.1) is 33.9 Å². The van der Waals surface area contributed by atoms with Crippen LogP contribution in [0.15, 0.2) is 53.0 Å². The van der Waals surface area contributed by atoms with Gasteiger partial charge >= 0.3 is 11.9 Å². The van der Waals surface area contributed by atoms with Gasteiger partial charge in [0.2, 0.25) is 0 Å². The highest BCUT2D eigenvalue weighted by molar-refractivity contribution is 7.45. The number of ether oxygens (including phenoxy) is 2. The number of hydrogen-bond donors (Lipinski definition) is 1. The second kappa shape index (κ2) is 33.8. The number of allylic oxidation sites excluding steroid dienone is 6. The van der Waals surface area contributed by atoms with Gasteiger partial charge in [-0.15, -0.1) is 0 Å². The number of aliphatic hydroxyl groups excluding tert-OH is 1. The molecule has 11 nitrogen and oxygen atoms in total. The van der Waals surface area contributed by atoms with Crippen molar-refractivity contribution in [2.75, 3.05) is 47.5 Å². The van der Waals surface area contributed by atoms with Gasteiger partial charge in [-0.05, 0) is 82.8 Å². The lowest BCUT2D eigenvalue weighted by Gasteiger charge is -2.28. The van der Waals surface area contributed by atoms with Crippen molar-refractivity contribution in [1.82, 2.24) is 0 Å². The standard InChI is InChI=1S/C48H82NO10P/c1-8-10-12-13-15-20-26-31-43(50)32-27-21-16-14-17-23-29-35-47(51)55-39-44(40-57-60(53,54)56-38-37-49(5,6)7)58-48(52)36-30-24-19-18-22-28-34-46-42(4)41(3)45(59-46)33-25-11-9-2/h14-15,17,20-21,26-27,31,43-44,50H,8-13,16,18-19,22-25,28-30,32-40H2,1-7H3/b17-14+,20-15-,27-21-,31-26-/t43-,44-/m1/s1. The number of nitrogens with zero attached hydrogens (tertiary/aromatic N) is 1. The highest BCUT2D eigenvalue weighted by Crippen LogP contribution is 2.38. The van der Waals surface area contributed by atoms with Crippen molar-refractivity contribution in [2.24, 2.45) is 0 Å². The molecule has 0 amide bonds. The van der Waals surface area contributed by atoms with Gasteiger partial charge in [-0.3, -0.25) is 14.2 Å². The number of aliphatic hydroxyl groups is 1. The van der Waals surface area contributed by atoms with E-state index in [1.807, 2.05) is 57.6 Å². The lowest BCUT2D eigenvalue weighted by atomic mass is 10.0. The Morgan fingerprint density at radius 2 is 1.33 bits per heavy atom. The van der Waals surface area contributed by atoms with Crippen LogP contribution in [0, 0.1) is 13.8 Å². The van der Waals surface area contributed by atoms with Crippen LogP contribution >= 0.6 is 7.82 Å². The minimum atomic E-state index is -4.67. The summed E-state index contributed by atoms with van der Waals surface area (Å²) in [7, 11) is 1.06. The molecule has 344 valence electrons. The molecule has 1 unspecified atom stereocenters. The van der Waals surface area contributed by atoms with E-state index < -0.39 is 38.6 Å². The number of esters is 2. The molecule has 12 heteroatoms. The normalized spacial score (nSPS) is 14.5. The fourth-order valence-corrected chi connectivity index (χ4v) is 6.93. The topological polar surface area (TPSA) is 145 Å². The van der Waals surface area contributed by atoms with Crippen molar-refractivity contribution in [3.8, 4) is 0 Å². The van der Waals surface area contributed by atoms with E-state index >= 15 is 0 Å². The lowest BCUT2D eigenvalue weighted by Crippen LogP contribution is -2.37. The monoisotopic (exact) mass is 864 g/mol. The number of hydrogen-bond acceptors (Lipinski definition) is 10. The molecule has 0 fully saturated rings. The number of furan rings is 1. The second-order valence-electron chi connectivity index (χ2n) is 16.8. The van der Waals surface area contributed by atoms with Crippen molar-refractivity contribution >= 4 is 19.8 Å². The Labute approximate surface area is 363 Å². The molecule has 0 aromatic carbocycles. The zero-order chi connectivity index (χ0) is 44.5. The molecule has 1 aromatic heterocycles. The molecule has 0 bridgehead atoms. The number of carbonyl (C=O) groups is 2. The van der Waals surface area contributed by atoms with Crippen LogP contribution in [0.1, 0.15) is 158 Å².